The number of aromatic nitrogens is 1. The van der Waals surface area contributed by atoms with Crippen molar-refractivity contribution in [3.8, 4) is 11.6 Å². The number of rotatable bonds is 3. The summed E-state index contributed by atoms with van der Waals surface area (Å²) in [6.45, 7) is 8.18. The lowest BCUT2D eigenvalue weighted by Crippen LogP contribution is -1.97. The van der Waals surface area contributed by atoms with Crippen LogP contribution in [0.4, 0.5) is 0 Å². The Morgan fingerprint density at radius 3 is 2.37 bits per heavy atom. The van der Waals surface area contributed by atoms with Gasteiger partial charge in [0.05, 0.1) is 0 Å². The summed E-state index contributed by atoms with van der Waals surface area (Å²) < 4.78 is 6.00. The first-order chi connectivity index (χ1) is 9.02. The number of nitrogens with zero attached hydrogens (tertiary/aromatic N) is 1. The molecule has 0 atom stereocenters. The third kappa shape index (κ3) is 2.90. The molecule has 2 rings (SSSR count). The average molecular weight is 276 g/mol. The summed E-state index contributed by atoms with van der Waals surface area (Å²) in [5.41, 5.74) is 5.49. The van der Waals surface area contributed by atoms with Gasteiger partial charge in [-0.15, -0.1) is 11.6 Å². The van der Waals surface area contributed by atoms with Crippen molar-refractivity contribution in [2.45, 2.75) is 33.6 Å². The molecule has 0 aliphatic carbocycles. The summed E-state index contributed by atoms with van der Waals surface area (Å²) >= 11 is 5.80. The maximum absolute atomic E-state index is 6.00. The number of halogens is 1. The van der Waals surface area contributed by atoms with Crippen LogP contribution in [0.25, 0.3) is 0 Å². The maximum Gasteiger partial charge on any atom is 0.222 e. The minimum atomic E-state index is 0.469. The highest BCUT2D eigenvalue weighted by molar-refractivity contribution is 6.17. The molecule has 1 aromatic carbocycles. The van der Waals surface area contributed by atoms with Gasteiger partial charge in [-0.2, -0.15) is 0 Å². The standard InChI is InChI=1S/C16H18ClNO/c1-10-5-6-11(2)15(13(10)4)19-16-12(3)7-14(8-17)9-18-16/h5-7,9H,8H2,1-4H3. The van der Waals surface area contributed by atoms with Crippen LogP contribution >= 0.6 is 11.6 Å². The fraction of sp³-hybridized carbons (Fsp3) is 0.312. The van der Waals surface area contributed by atoms with E-state index in [1.165, 1.54) is 5.56 Å². The summed E-state index contributed by atoms with van der Waals surface area (Å²) in [5, 5.41) is 0. The molecule has 19 heavy (non-hydrogen) atoms. The lowest BCUT2D eigenvalue weighted by atomic mass is 10.1. The molecule has 0 aliphatic rings. The lowest BCUT2D eigenvalue weighted by molar-refractivity contribution is 0.451. The van der Waals surface area contributed by atoms with Crippen molar-refractivity contribution in [2.24, 2.45) is 0 Å². The second kappa shape index (κ2) is 5.62. The van der Waals surface area contributed by atoms with Crippen LogP contribution in [0.1, 0.15) is 27.8 Å². The highest BCUT2D eigenvalue weighted by Gasteiger charge is 2.10. The van der Waals surface area contributed by atoms with Gasteiger partial charge < -0.3 is 4.74 Å². The number of benzene rings is 1. The monoisotopic (exact) mass is 275 g/mol. The Hall–Kier alpha value is -1.54. The Morgan fingerprint density at radius 1 is 1.05 bits per heavy atom. The number of hydrogen-bond donors (Lipinski definition) is 0. The van der Waals surface area contributed by atoms with E-state index in [0.29, 0.717) is 11.8 Å². The summed E-state index contributed by atoms with van der Waals surface area (Å²) in [5.74, 6) is 2.01. The molecule has 0 amide bonds. The Kier molecular flexibility index (Phi) is 4.11. The summed E-state index contributed by atoms with van der Waals surface area (Å²) in [6.07, 6.45) is 1.76. The van der Waals surface area contributed by atoms with Crippen molar-refractivity contribution < 1.29 is 4.74 Å². The maximum atomic E-state index is 6.00. The first kappa shape index (κ1) is 13.9. The topological polar surface area (TPSA) is 22.1 Å². The molecule has 0 N–H and O–H groups in total. The zero-order valence-electron chi connectivity index (χ0n) is 11.7. The molecule has 3 heteroatoms. The lowest BCUT2D eigenvalue weighted by Gasteiger charge is -2.14. The molecule has 0 saturated carbocycles. The van der Waals surface area contributed by atoms with Crippen molar-refractivity contribution >= 4 is 11.6 Å². The molecule has 0 fully saturated rings. The van der Waals surface area contributed by atoms with Crippen LogP contribution in [0.15, 0.2) is 24.4 Å². The van der Waals surface area contributed by atoms with Crippen LogP contribution in [0.2, 0.25) is 0 Å². The molecule has 1 aromatic heterocycles. The third-order valence-electron chi connectivity index (χ3n) is 3.31. The van der Waals surface area contributed by atoms with E-state index in [2.05, 4.69) is 31.0 Å². The molecule has 2 nitrogen and oxygen atoms in total. The predicted molar refractivity (Wildman–Crippen MR) is 79.3 cm³/mol. The van der Waals surface area contributed by atoms with Gasteiger partial charge in [0.2, 0.25) is 5.88 Å². The highest BCUT2D eigenvalue weighted by Crippen LogP contribution is 2.31. The number of ether oxygens (including phenoxy) is 1. The zero-order valence-corrected chi connectivity index (χ0v) is 12.5. The summed E-state index contributed by atoms with van der Waals surface area (Å²) in [7, 11) is 0. The minimum absolute atomic E-state index is 0.469. The molecule has 0 aliphatic heterocycles. The first-order valence-electron chi connectivity index (χ1n) is 6.29. The van der Waals surface area contributed by atoms with Gasteiger partial charge in [-0.3, -0.25) is 0 Å². The second-order valence-corrected chi connectivity index (χ2v) is 5.12. The van der Waals surface area contributed by atoms with Crippen LogP contribution in [-0.2, 0) is 5.88 Å². The van der Waals surface area contributed by atoms with E-state index < -0.39 is 0 Å². The van der Waals surface area contributed by atoms with E-state index in [0.717, 1.165) is 28.0 Å². The Bertz CT molecular complexity index is 608. The number of pyridine rings is 1. The van der Waals surface area contributed by atoms with Crippen LogP contribution in [0.3, 0.4) is 0 Å². The number of aryl methyl sites for hydroxylation is 3. The molecular formula is C16H18ClNO. The fourth-order valence-corrected chi connectivity index (χ4v) is 2.13. The minimum Gasteiger partial charge on any atom is -0.438 e. The van der Waals surface area contributed by atoms with E-state index in [1.807, 2.05) is 19.9 Å². The van der Waals surface area contributed by atoms with Gasteiger partial charge in [-0.1, -0.05) is 12.1 Å². The second-order valence-electron chi connectivity index (χ2n) is 4.85. The van der Waals surface area contributed by atoms with Gasteiger partial charge in [-0.05, 0) is 56.0 Å². The smallest absolute Gasteiger partial charge is 0.222 e. The molecule has 0 spiro atoms. The van der Waals surface area contributed by atoms with Crippen LogP contribution in [0.5, 0.6) is 11.6 Å². The Morgan fingerprint density at radius 2 is 1.74 bits per heavy atom. The number of hydrogen-bond acceptors (Lipinski definition) is 2. The molecule has 0 bridgehead atoms. The van der Waals surface area contributed by atoms with E-state index in [-0.39, 0.29) is 0 Å². The van der Waals surface area contributed by atoms with E-state index in [9.17, 15) is 0 Å². The molecule has 0 saturated heterocycles. The zero-order chi connectivity index (χ0) is 14.0. The van der Waals surface area contributed by atoms with Gasteiger partial charge in [0.1, 0.15) is 5.75 Å². The largest absolute Gasteiger partial charge is 0.438 e. The molecule has 100 valence electrons. The van der Waals surface area contributed by atoms with Gasteiger partial charge >= 0.3 is 0 Å². The van der Waals surface area contributed by atoms with Crippen LogP contribution in [-0.4, -0.2) is 4.98 Å². The van der Waals surface area contributed by atoms with E-state index in [4.69, 9.17) is 16.3 Å². The first-order valence-corrected chi connectivity index (χ1v) is 6.82. The quantitative estimate of drug-likeness (QED) is 0.747. The highest BCUT2D eigenvalue weighted by atomic mass is 35.5. The molecule has 0 radical (unpaired) electrons. The SMILES string of the molecule is Cc1cc(CCl)cnc1Oc1c(C)ccc(C)c1C. The van der Waals surface area contributed by atoms with Gasteiger partial charge in [0, 0.05) is 17.6 Å². The summed E-state index contributed by atoms with van der Waals surface area (Å²) in [4.78, 5) is 4.35. The normalized spacial score (nSPS) is 10.6. The Labute approximate surface area is 119 Å². The third-order valence-corrected chi connectivity index (χ3v) is 3.62. The molecule has 1 heterocycles. The van der Waals surface area contributed by atoms with Crippen LogP contribution in [0, 0.1) is 27.7 Å². The summed E-state index contributed by atoms with van der Waals surface area (Å²) in [6, 6.07) is 6.18. The Balaban J connectivity index is 2.39. The van der Waals surface area contributed by atoms with Gasteiger partial charge in [-0.25, -0.2) is 4.98 Å². The molecule has 0 unspecified atom stereocenters. The predicted octanol–water partition coefficient (Wildman–Crippen LogP) is 4.85. The van der Waals surface area contributed by atoms with Crippen molar-refractivity contribution in [2.75, 3.05) is 0 Å². The number of alkyl halides is 1. The average Bonchev–Trinajstić information content (AvgIpc) is 2.40. The molecular weight excluding hydrogens is 258 g/mol. The van der Waals surface area contributed by atoms with Gasteiger partial charge in [0.25, 0.3) is 0 Å². The van der Waals surface area contributed by atoms with E-state index in [1.54, 1.807) is 6.20 Å². The molecule has 2 aromatic rings. The van der Waals surface area contributed by atoms with Gasteiger partial charge in [0.15, 0.2) is 0 Å². The van der Waals surface area contributed by atoms with E-state index >= 15 is 0 Å². The van der Waals surface area contributed by atoms with Crippen LogP contribution < -0.4 is 4.74 Å². The van der Waals surface area contributed by atoms with Crippen molar-refractivity contribution in [3.63, 3.8) is 0 Å². The van der Waals surface area contributed by atoms with Crippen molar-refractivity contribution in [1.82, 2.24) is 4.98 Å². The fourth-order valence-electron chi connectivity index (χ4n) is 1.98. The van der Waals surface area contributed by atoms with Crippen molar-refractivity contribution in [3.05, 3.63) is 52.2 Å². The van der Waals surface area contributed by atoms with Crippen molar-refractivity contribution in [1.29, 1.82) is 0 Å².